The van der Waals surface area contributed by atoms with Crippen molar-refractivity contribution in [2.45, 2.75) is 35.2 Å². The summed E-state index contributed by atoms with van der Waals surface area (Å²) in [4.78, 5) is 20.4. The lowest BCUT2D eigenvalue weighted by atomic mass is 9.73. The van der Waals surface area contributed by atoms with Crippen LogP contribution in [0.3, 0.4) is 0 Å². The summed E-state index contributed by atoms with van der Waals surface area (Å²) in [6.07, 6.45) is 10.1. The van der Waals surface area contributed by atoms with Gasteiger partial charge < -0.3 is 22.1 Å². The smallest absolute Gasteiger partial charge is 0.158 e. The number of nitrogens with two attached hydrogens (primary N) is 3. The maximum Gasteiger partial charge on any atom is 0.158 e. The summed E-state index contributed by atoms with van der Waals surface area (Å²) in [7, 11) is 0. The molecule has 0 amide bonds. The van der Waals surface area contributed by atoms with Crippen LogP contribution in [-0.4, -0.2) is 33.0 Å². The largest absolute Gasteiger partial charge is 0.382 e. The van der Waals surface area contributed by atoms with E-state index in [0.29, 0.717) is 15.9 Å². The van der Waals surface area contributed by atoms with Gasteiger partial charge in [0, 0.05) is 42.6 Å². The average Bonchev–Trinajstić information content (AvgIpc) is 3.05. The summed E-state index contributed by atoms with van der Waals surface area (Å²) in [5.41, 5.74) is 21.3. The topological polar surface area (TPSA) is 133 Å². The quantitative estimate of drug-likeness (QED) is 0.545. The van der Waals surface area contributed by atoms with Crippen LogP contribution in [0.5, 0.6) is 0 Å². The first-order valence-electron chi connectivity index (χ1n) is 10.1. The number of fused-ring (bicyclic) bond motifs is 1. The molecule has 6 N–H and O–H groups in total. The zero-order valence-corrected chi connectivity index (χ0v) is 18.4. The third kappa shape index (κ3) is 3.56. The fraction of sp³-hybridized carbons (Fsp3) is 0.333. The Morgan fingerprint density at radius 3 is 2.61 bits per heavy atom. The zero-order valence-electron chi connectivity index (χ0n) is 16.8. The number of aromatic nitrogens is 4. The second-order valence-electron chi connectivity index (χ2n) is 8.11. The highest BCUT2D eigenvalue weighted by molar-refractivity contribution is 7.99. The monoisotopic (exact) mass is 454 g/mol. The van der Waals surface area contributed by atoms with Crippen LogP contribution in [0.15, 0.2) is 46.8 Å². The van der Waals surface area contributed by atoms with Crippen molar-refractivity contribution in [3.63, 3.8) is 0 Å². The summed E-state index contributed by atoms with van der Waals surface area (Å²) in [6, 6.07) is 3.91. The molecule has 0 bridgehead atoms. The molecular weight excluding hydrogens is 432 g/mol. The summed E-state index contributed by atoms with van der Waals surface area (Å²) in [5.74, 6) is 1.42. The summed E-state index contributed by atoms with van der Waals surface area (Å²) >= 11 is 7.56. The molecular formula is C21H23ClN8S. The van der Waals surface area contributed by atoms with E-state index in [9.17, 15) is 0 Å². The van der Waals surface area contributed by atoms with E-state index >= 15 is 0 Å². The van der Waals surface area contributed by atoms with Gasteiger partial charge in [-0.1, -0.05) is 23.4 Å². The number of halogens is 1. The molecule has 31 heavy (non-hydrogen) atoms. The van der Waals surface area contributed by atoms with Crippen molar-refractivity contribution < 1.29 is 0 Å². The molecule has 0 aromatic carbocycles. The van der Waals surface area contributed by atoms with Gasteiger partial charge in [-0.2, -0.15) is 0 Å². The van der Waals surface area contributed by atoms with Crippen LogP contribution in [0.4, 0.5) is 17.5 Å². The molecule has 1 fully saturated rings. The average molecular weight is 455 g/mol. The van der Waals surface area contributed by atoms with Gasteiger partial charge in [-0.3, -0.25) is 4.98 Å². The third-order valence-electron chi connectivity index (χ3n) is 6.41. The molecule has 1 aliphatic heterocycles. The van der Waals surface area contributed by atoms with Gasteiger partial charge in [0.15, 0.2) is 5.82 Å². The van der Waals surface area contributed by atoms with Crippen molar-refractivity contribution in [2.24, 2.45) is 11.1 Å². The Labute approximate surface area is 189 Å². The molecule has 1 atom stereocenters. The standard InChI is InChI=1S/C21H23ClN8S/c22-16-14(2-6-27-18(16)24)31-20-19(25)29-15(11-28-20)30-7-3-21(4-8-30)9-12-1-5-26-10-13(12)17(21)23/h1-2,5-6,10-11,17H,3-4,7-9,23H2,(H2,24,27)(H2,25,29). The number of hydrogen-bond acceptors (Lipinski definition) is 9. The number of anilines is 3. The maximum absolute atomic E-state index is 6.65. The second kappa shape index (κ2) is 7.81. The number of hydrogen-bond donors (Lipinski definition) is 3. The molecule has 1 unspecified atom stereocenters. The van der Waals surface area contributed by atoms with E-state index < -0.39 is 0 Å². The Hall–Kier alpha value is -2.62. The maximum atomic E-state index is 6.65. The lowest BCUT2D eigenvalue weighted by Gasteiger charge is -2.42. The summed E-state index contributed by atoms with van der Waals surface area (Å²) in [6.45, 7) is 1.73. The summed E-state index contributed by atoms with van der Waals surface area (Å²) in [5, 5.41) is 0.980. The molecule has 10 heteroatoms. The minimum atomic E-state index is 0.0332. The van der Waals surface area contributed by atoms with E-state index in [2.05, 4.69) is 30.9 Å². The van der Waals surface area contributed by atoms with E-state index in [-0.39, 0.29) is 17.3 Å². The van der Waals surface area contributed by atoms with Crippen molar-refractivity contribution in [1.29, 1.82) is 0 Å². The fourth-order valence-electron chi connectivity index (χ4n) is 4.60. The molecule has 160 valence electrons. The lowest BCUT2D eigenvalue weighted by Crippen LogP contribution is -2.44. The van der Waals surface area contributed by atoms with E-state index in [1.807, 2.05) is 12.4 Å². The van der Waals surface area contributed by atoms with Gasteiger partial charge in [-0.05, 0) is 47.9 Å². The molecule has 1 spiro atoms. The van der Waals surface area contributed by atoms with Crippen LogP contribution in [0.1, 0.15) is 30.0 Å². The summed E-state index contributed by atoms with van der Waals surface area (Å²) < 4.78 is 0. The first-order chi connectivity index (χ1) is 15.0. The van der Waals surface area contributed by atoms with Gasteiger partial charge in [0.1, 0.15) is 16.7 Å². The van der Waals surface area contributed by atoms with Crippen LogP contribution >= 0.6 is 23.4 Å². The van der Waals surface area contributed by atoms with E-state index in [4.69, 9.17) is 28.8 Å². The minimum absolute atomic E-state index is 0.0332. The SMILES string of the molecule is Nc1nc(N2CCC3(CC2)Cc2ccncc2C3N)cnc1Sc1ccnc(N)c1Cl. The van der Waals surface area contributed by atoms with Crippen molar-refractivity contribution in [3.8, 4) is 0 Å². The second-order valence-corrected chi connectivity index (χ2v) is 9.52. The first kappa shape index (κ1) is 20.3. The minimum Gasteiger partial charge on any atom is -0.382 e. The Balaban J connectivity index is 1.29. The van der Waals surface area contributed by atoms with E-state index in [0.717, 1.165) is 43.1 Å². The first-order valence-corrected chi connectivity index (χ1v) is 11.3. The van der Waals surface area contributed by atoms with Crippen LogP contribution in [0.25, 0.3) is 0 Å². The van der Waals surface area contributed by atoms with Gasteiger partial charge in [-0.25, -0.2) is 15.0 Å². The molecule has 1 saturated heterocycles. The van der Waals surface area contributed by atoms with Crippen LogP contribution < -0.4 is 22.1 Å². The lowest BCUT2D eigenvalue weighted by molar-refractivity contribution is 0.187. The third-order valence-corrected chi connectivity index (χ3v) is 7.98. The van der Waals surface area contributed by atoms with Crippen molar-refractivity contribution in [3.05, 3.63) is 53.1 Å². The van der Waals surface area contributed by atoms with Crippen molar-refractivity contribution >= 4 is 40.8 Å². The van der Waals surface area contributed by atoms with Crippen molar-refractivity contribution in [2.75, 3.05) is 29.5 Å². The van der Waals surface area contributed by atoms with Gasteiger partial charge >= 0.3 is 0 Å². The predicted molar refractivity (Wildman–Crippen MR) is 123 cm³/mol. The molecule has 8 nitrogen and oxygen atoms in total. The molecule has 1 aliphatic carbocycles. The highest BCUT2D eigenvalue weighted by Gasteiger charge is 2.46. The molecule has 3 aromatic heterocycles. The van der Waals surface area contributed by atoms with Crippen LogP contribution in [-0.2, 0) is 6.42 Å². The Morgan fingerprint density at radius 1 is 1.06 bits per heavy atom. The molecule has 0 saturated carbocycles. The highest BCUT2D eigenvalue weighted by Crippen LogP contribution is 2.50. The van der Waals surface area contributed by atoms with Gasteiger partial charge in [0.2, 0.25) is 0 Å². The molecule has 5 rings (SSSR count). The molecule has 4 heterocycles. The Morgan fingerprint density at radius 2 is 1.87 bits per heavy atom. The van der Waals surface area contributed by atoms with Gasteiger partial charge in [0.25, 0.3) is 0 Å². The van der Waals surface area contributed by atoms with Crippen LogP contribution in [0, 0.1) is 5.41 Å². The van der Waals surface area contributed by atoms with E-state index in [1.165, 1.54) is 22.9 Å². The van der Waals surface area contributed by atoms with Gasteiger partial charge in [-0.15, -0.1) is 0 Å². The highest BCUT2D eigenvalue weighted by atomic mass is 35.5. The van der Waals surface area contributed by atoms with Crippen molar-refractivity contribution in [1.82, 2.24) is 19.9 Å². The number of rotatable bonds is 3. The predicted octanol–water partition coefficient (Wildman–Crippen LogP) is 3.08. The molecule has 3 aromatic rings. The fourth-order valence-corrected chi connectivity index (χ4v) is 5.62. The molecule has 0 radical (unpaired) electrons. The number of nitrogen functional groups attached to an aromatic ring is 2. The van der Waals surface area contributed by atoms with E-state index in [1.54, 1.807) is 18.5 Å². The van der Waals surface area contributed by atoms with Gasteiger partial charge in [0.05, 0.1) is 11.2 Å². The Bertz CT molecular complexity index is 1130. The number of nitrogens with zero attached hydrogens (tertiary/aromatic N) is 5. The Kier molecular flexibility index (Phi) is 5.11. The zero-order chi connectivity index (χ0) is 21.6. The number of piperidine rings is 1. The normalized spacial score (nSPS) is 19.5. The number of pyridine rings is 2. The molecule has 2 aliphatic rings. The van der Waals surface area contributed by atoms with Crippen LogP contribution in [0.2, 0.25) is 5.02 Å².